The summed E-state index contributed by atoms with van der Waals surface area (Å²) in [4.78, 5) is 1.57. The van der Waals surface area contributed by atoms with Gasteiger partial charge >= 0.3 is 6.18 Å². The molecular formula is C9H17F3N2O. The Bertz CT molecular complexity index is 220. The Morgan fingerprint density at radius 3 is 2.60 bits per heavy atom. The van der Waals surface area contributed by atoms with E-state index in [-0.39, 0.29) is 19.0 Å². The van der Waals surface area contributed by atoms with Crippen molar-refractivity contribution in [3.05, 3.63) is 0 Å². The second-order valence-corrected chi connectivity index (χ2v) is 4.35. The molecule has 6 heteroatoms. The number of hydrogen-bond donors (Lipinski definition) is 2. The van der Waals surface area contributed by atoms with Gasteiger partial charge in [-0.1, -0.05) is 0 Å². The van der Waals surface area contributed by atoms with Crippen LogP contribution in [-0.4, -0.2) is 47.5 Å². The van der Waals surface area contributed by atoms with E-state index in [0.717, 1.165) is 0 Å². The number of nitrogens with two attached hydrogens (primary N) is 1. The molecule has 1 saturated heterocycles. The summed E-state index contributed by atoms with van der Waals surface area (Å²) in [6.07, 6.45) is -4.42. The maximum absolute atomic E-state index is 12.5. The molecule has 1 heterocycles. The van der Waals surface area contributed by atoms with Gasteiger partial charge in [0.2, 0.25) is 0 Å². The van der Waals surface area contributed by atoms with E-state index >= 15 is 0 Å². The molecule has 3 N–H and O–H groups in total. The summed E-state index contributed by atoms with van der Waals surface area (Å²) in [5.74, 6) is 0. The zero-order valence-electron chi connectivity index (χ0n) is 8.72. The van der Waals surface area contributed by atoms with Crippen LogP contribution in [-0.2, 0) is 0 Å². The molecule has 0 aromatic rings. The van der Waals surface area contributed by atoms with Crippen LogP contribution in [0.3, 0.4) is 0 Å². The minimum absolute atomic E-state index is 0.180. The lowest BCUT2D eigenvalue weighted by atomic mass is 9.92. The van der Waals surface area contributed by atoms with Crippen LogP contribution in [0.5, 0.6) is 0 Å². The van der Waals surface area contributed by atoms with Crippen molar-refractivity contribution in [1.29, 1.82) is 0 Å². The first-order valence-electron chi connectivity index (χ1n) is 5.02. The minimum atomic E-state index is -4.55. The predicted molar refractivity (Wildman–Crippen MR) is 50.3 cm³/mol. The summed E-state index contributed by atoms with van der Waals surface area (Å²) in [5.41, 5.74) is 2.96. The van der Waals surface area contributed by atoms with E-state index in [4.69, 9.17) is 5.73 Å². The van der Waals surface area contributed by atoms with Crippen LogP contribution >= 0.6 is 0 Å². The van der Waals surface area contributed by atoms with Crippen LogP contribution in [0.1, 0.15) is 19.8 Å². The number of aliphatic hydroxyl groups is 1. The number of rotatable bonds is 2. The smallest absolute Gasteiger partial charge is 0.379 e. The summed E-state index contributed by atoms with van der Waals surface area (Å²) in [6.45, 7) is 2.33. The fraction of sp³-hybridized carbons (Fsp3) is 1.00. The molecule has 0 aliphatic carbocycles. The lowest BCUT2D eigenvalue weighted by Gasteiger charge is -2.40. The van der Waals surface area contributed by atoms with Crippen molar-refractivity contribution in [3.63, 3.8) is 0 Å². The van der Waals surface area contributed by atoms with E-state index < -0.39 is 11.8 Å². The average Bonchev–Trinajstić information content (AvgIpc) is 2.00. The van der Waals surface area contributed by atoms with Gasteiger partial charge in [-0.05, 0) is 26.3 Å². The number of piperidine rings is 1. The SMILES string of the molecule is CC(N)CN1CCCC(O)(C(F)(F)F)C1. The molecule has 0 radical (unpaired) electrons. The van der Waals surface area contributed by atoms with E-state index in [1.54, 1.807) is 11.8 Å². The number of likely N-dealkylation sites (tertiary alicyclic amines) is 1. The first-order chi connectivity index (χ1) is 6.74. The third-order valence-electron chi connectivity index (χ3n) is 2.62. The second kappa shape index (κ2) is 4.27. The van der Waals surface area contributed by atoms with Gasteiger partial charge in [0.05, 0.1) is 0 Å². The molecule has 3 nitrogen and oxygen atoms in total. The Hall–Kier alpha value is -0.330. The van der Waals surface area contributed by atoms with Crippen LogP contribution in [0, 0.1) is 0 Å². The third kappa shape index (κ3) is 3.06. The van der Waals surface area contributed by atoms with Crippen LogP contribution in [0.25, 0.3) is 0 Å². The molecule has 0 saturated carbocycles. The number of β-amino-alcohol motifs (C(OH)–C–C–N with tert-alkyl or cyclic N) is 1. The Balaban J connectivity index is 2.63. The highest BCUT2D eigenvalue weighted by molar-refractivity contribution is 4.93. The molecule has 0 aromatic carbocycles. The van der Waals surface area contributed by atoms with Gasteiger partial charge in [-0.2, -0.15) is 13.2 Å². The molecule has 1 aliphatic heterocycles. The first-order valence-corrected chi connectivity index (χ1v) is 5.02. The van der Waals surface area contributed by atoms with Crippen LogP contribution in [0.4, 0.5) is 13.2 Å². The Morgan fingerprint density at radius 2 is 2.13 bits per heavy atom. The Morgan fingerprint density at radius 1 is 1.53 bits per heavy atom. The predicted octanol–water partition coefficient (Wildman–Crippen LogP) is 0.723. The summed E-state index contributed by atoms with van der Waals surface area (Å²) in [6, 6.07) is -0.180. The van der Waals surface area contributed by atoms with Crippen LogP contribution in [0.15, 0.2) is 0 Å². The monoisotopic (exact) mass is 226 g/mol. The Kier molecular flexibility index (Phi) is 3.63. The number of hydrogen-bond acceptors (Lipinski definition) is 3. The van der Waals surface area contributed by atoms with Gasteiger partial charge in [0.1, 0.15) is 0 Å². The van der Waals surface area contributed by atoms with E-state index in [1.165, 1.54) is 0 Å². The van der Waals surface area contributed by atoms with E-state index in [9.17, 15) is 18.3 Å². The van der Waals surface area contributed by atoms with E-state index in [2.05, 4.69) is 0 Å². The second-order valence-electron chi connectivity index (χ2n) is 4.35. The fourth-order valence-corrected chi connectivity index (χ4v) is 1.92. The number of alkyl halides is 3. The van der Waals surface area contributed by atoms with Crippen molar-refractivity contribution in [1.82, 2.24) is 4.90 Å². The van der Waals surface area contributed by atoms with Crippen molar-refractivity contribution in [2.24, 2.45) is 5.73 Å². The molecule has 2 unspecified atom stereocenters. The minimum Gasteiger partial charge on any atom is -0.379 e. The summed E-state index contributed by atoms with van der Waals surface area (Å²) >= 11 is 0. The summed E-state index contributed by atoms with van der Waals surface area (Å²) < 4.78 is 37.6. The van der Waals surface area contributed by atoms with E-state index in [0.29, 0.717) is 19.5 Å². The van der Waals surface area contributed by atoms with Crippen molar-refractivity contribution >= 4 is 0 Å². The molecular weight excluding hydrogens is 209 g/mol. The lowest BCUT2D eigenvalue weighted by Crippen LogP contribution is -2.58. The normalized spacial score (nSPS) is 31.6. The van der Waals surface area contributed by atoms with Gasteiger partial charge < -0.3 is 10.8 Å². The van der Waals surface area contributed by atoms with Crippen molar-refractivity contribution in [3.8, 4) is 0 Å². The highest BCUT2D eigenvalue weighted by Crippen LogP contribution is 2.37. The number of nitrogens with zero attached hydrogens (tertiary/aromatic N) is 1. The van der Waals surface area contributed by atoms with E-state index in [1.807, 2.05) is 0 Å². The van der Waals surface area contributed by atoms with Gasteiger partial charge in [-0.3, -0.25) is 4.90 Å². The van der Waals surface area contributed by atoms with Gasteiger partial charge in [0, 0.05) is 19.1 Å². The molecule has 0 aromatic heterocycles. The molecule has 1 rings (SSSR count). The average molecular weight is 226 g/mol. The summed E-state index contributed by atoms with van der Waals surface area (Å²) in [7, 11) is 0. The van der Waals surface area contributed by atoms with Gasteiger partial charge in [-0.15, -0.1) is 0 Å². The maximum Gasteiger partial charge on any atom is 0.418 e. The lowest BCUT2D eigenvalue weighted by molar-refractivity contribution is -0.274. The quantitative estimate of drug-likeness (QED) is 0.729. The molecule has 0 amide bonds. The zero-order valence-corrected chi connectivity index (χ0v) is 8.72. The molecule has 0 spiro atoms. The topological polar surface area (TPSA) is 49.5 Å². The fourth-order valence-electron chi connectivity index (χ4n) is 1.92. The number of halogens is 3. The van der Waals surface area contributed by atoms with Gasteiger partial charge in [0.25, 0.3) is 0 Å². The van der Waals surface area contributed by atoms with Crippen molar-refractivity contribution in [2.45, 2.75) is 37.6 Å². The standard InChI is InChI=1S/C9H17F3N2O/c1-7(13)5-14-4-2-3-8(15,6-14)9(10,11)12/h7,15H,2-6,13H2,1H3. The first kappa shape index (κ1) is 12.7. The van der Waals surface area contributed by atoms with Crippen molar-refractivity contribution < 1.29 is 18.3 Å². The van der Waals surface area contributed by atoms with Gasteiger partial charge in [0.15, 0.2) is 5.60 Å². The third-order valence-corrected chi connectivity index (χ3v) is 2.62. The molecule has 0 bridgehead atoms. The van der Waals surface area contributed by atoms with Crippen LogP contribution < -0.4 is 5.73 Å². The zero-order chi connectivity index (χ0) is 11.7. The van der Waals surface area contributed by atoms with Crippen LogP contribution in [0.2, 0.25) is 0 Å². The molecule has 90 valence electrons. The Labute approximate surface area is 87.0 Å². The highest BCUT2D eigenvalue weighted by Gasteiger charge is 2.55. The maximum atomic E-state index is 12.5. The van der Waals surface area contributed by atoms with Crippen molar-refractivity contribution in [2.75, 3.05) is 19.6 Å². The highest BCUT2D eigenvalue weighted by atomic mass is 19.4. The molecule has 15 heavy (non-hydrogen) atoms. The largest absolute Gasteiger partial charge is 0.418 e. The molecule has 2 atom stereocenters. The summed E-state index contributed by atoms with van der Waals surface area (Å²) in [5, 5.41) is 9.48. The molecule has 1 aliphatic rings. The molecule has 1 fully saturated rings. The van der Waals surface area contributed by atoms with Gasteiger partial charge in [-0.25, -0.2) is 0 Å².